The fourth-order valence-corrected chi connectivity index (χ4v) is 2.97. The number of carbonyl (C=O) groups is 1. The summed E-state index contributed by atoms with van der Waals surface area (Å²) >= 11 is 0. The summed E-state index contributed by atoms with van der Waals surface area (Å²) in [5.74, 6) is -0.215. The Labute approximate surface area is 156 Å². The molecule has 6 nitrogen and oxygen atoms in total. The van der Waals surface area contributed by atoms with Crippen LogP contribution in [0, 0.1) is 6.92 Å². The van der Waals surface area contributed by atoms with E-state index in [1.807, 2.05) is 43.5 Å². The Bertz CT molecular complexity index is 1090. The van der Waals surface area contributed by atoms with E-state index in [0.29, 0.717) is 11.2 Å². The van der Waals surface area contributed by atoms with Gasteiger partial charge in [0.25, 0.3) is 5.91 Å². The minimum atomic E-state index is -0.215. The van der Waals surface area contributed by atoms with E-state index >= 15 is 0 Å². The zero-order valence-corrected chi connectivity index (χ0v) is 15.0. The van der Waals surface area contributed by atoms with Crippen LogP contribution in [0.4, 0.5) is 5.69 Å². The number of benzene rings is 1. The number of amides is 1. The summed E-state index contributed by atoms with van der Waals surface area (Å²) in [7, 11) is 0. The van der Waals surface area contributed by atoms with Crippen molar-refractivity contribution in [3.63, 3.8) is 0 Å². The molecule has 0 bridgehead atoms. The fraction of sp³-hybridized carbons (Fsp3) is 0.143. The van der Waals surface area contributed by atoms with Gasteiger partial charge in [-0.25, -0.2) is 9.50 Å². The van der Waals surface area contributed by atoms with Crippen LogP contribution >= 0.6 is 0 Å². The molecule has 0 fully saturated rings. The van der Waals surface area contributed by atoms with E-state index in [-0.39, 0.29) is 5.91 Å². The summed E-state index contributed by atoms with van der Waals surface area (Å²) in [4.78, 5) is 21.0. The largest absolute Gasteiger partial charge is 0.322 e. The van der Waals surface area contributed by atoms with Gasteiger partial charge in [0, 0.05) is 30.5 Å². The molecule has 0 unspecified atom stereocenters. The molecule has 3 heterocycles. The van der Waals surface area contributed by atoms with Gasteiger partial charge in [0.05, 0.1) is 6.20 Å². The van der Waals surface area contributed by atoms with Gasteiger partial charge in [0.2, 0.25) is 0 Å². The Morgan fingerprint density at radius 1 is 1.07 bits per heavy atom. The zero-order valence-electron chi connectivity index (χ0n) is 15.0. The molecule has 1 N–H and O–H groups in total. The molecule has 0 saturated carbocycles. The van der Waals surface area contributed by atoms with E-state index in [1.54, 1.807) is 29.3 Å². The number of fused-ring (bicyclic) bond motifs is 1. The maximum atomic E-state index is 12.7. The third-order valence-electron chi connectivity index (χ3n) is 4.37. The molecule has 134 valence electrons. The van der Waals surface area contributed by atoms with Gasteiger partial charge < -0.3 is 5.32 Å². The lowest BCUT2D eigenvalue weighted by molar-refractivity contribution is 0.102. The number of nitrogens with zero attached hydrogens (tertiary/aromatic N) is 4. The molecule has 6 heteroatoms. The van der Waals surface area contributed by atoms with Gasteiger partial charge in [0.1, 0.15) is 5.56 Å². The first kappa shape index (κ1) is 16.9. The SMILES string of the molecule is Cc1cnc2c(C(=O)Nc3cccc(CCc4ccncc4)c3)cnn2c1. The highest BCUT2D eigenvalue weighted by Gasteiger charge is 2.14. The van der Waals surface area contributed by atoms with E-state index in [0.717, 1.165) is 24.1 Å². The number of aromatic nitrogens is 4. The molecule has 0 radical (unpaired) electrons. The van der Waals surface area contributed by atoms with Gasteiger partial charge in [-0.1, -0.05) is 12.1 Å². The number of hydrogen-bond donors (Lipinski definition) is 1. The third-order valence-corrected chi connectivity index (χ3v) is 4.37. The van der Waals surface area contributed by atoms with Crippen LogP contribution in [0.15, 0.2) is 67.4 Å². The third kappa shape index (κ3) is 3.84. The van der Waals surface area contributed by atoms with Crippen molar-refractivity contribution in [2.24, 2.45) is 0 Å². The number of carbonyl (C=O) groups excluding carboxylic acids is 1. The van der Waals surface area contributed by atoms with Crippen molar-refractivity contribution in [3.8, 4) is 0 Å². The van der Waals surface area contributed by atoms with Gasteiger partial charge in [-0.15, -0.1) is 0 Å². The van der Waals surface area contributed by atoms with Crippen molar-refractivity contribution in [2.75, 3.05) is 5.32 Å². The van der Waals surface area contributed by atoms with Crippen molar-refractivity contribution in [3.05, 3.63) is 89.6 Å². The number of nitrogens with one attached hydrogen (secondary N) is 1. The average Bonchev–Trinajstić information content (AvgIpc) is 3.10. The van der Waals surface area contributed by atoms with E-state index in [4.69, 9.17) is 0 Å². The van der Waals surface area contributed by atoms with Gasteiger partial charge in [-0.05, 0) is 60.7 Å². The molecule has 0 atom stereocenters. The molecule has 0 aliphatic heterocycles. The quantitative estimate of drug-likeness (QED) is 0.594. The van der Waals surface area contributed by atoms with E-state index in [9.17, 15) is 4.79 Å². The van der Waals surface area contributed by atoms with Crippen LogP contribution in [-0.4, -0.2) is 25.5 Å². The highest BCUT2D eigenvalue weighted by Crippen LogP contribution is 2.16. The second-order valence-corrected chi connectivity index (χ2v) is 6.47. The van der Waals surface area contributed by atoms with Crippen LogP contribution in [0.5, 0.6) is 0 Å². The molecular weight excluding hydrogens is 338 g/mol. The lowest BCUT2D eigenvalue weighted by Gasteiger charge is -2.07. The number of pyridine rings is 1. The predicted octanol–water partition coefficient (Wildman–Crippen LogP) is 3.47. The fourth-order valence-electron chi connectivity index (χ4n) is 2.97. The van der Waals surface area contributed by atoms with Crippen LogP contribution in [-0.2, 0) is 12.8 Å². The number of rotatable bonds is 5. The normalized spacial score (nSPS) is 10.9. The summed E-state index contributed by atoms with van der Waals surface area (Å²) in [6.07, 6.45) is 10.6. The molecule has 0 aliphatic rings. The zero-order chi connectivity index (χ0) is 18.6. The molecule has 4 rings (SSSR count). The van der Waals surface area contributed by atoms with Gasteiger partial charge in [0.15, 0.2) is 5.65 Å². The van der Waals surface area contributed by atoms with Crippen LogP contribution in [0.25, 0.3) is 5.65 Å². The average molecular weight is 357 g/mol. The van der Waals surface area contributed by atoms with E-state index < -0.39 is 0 Å². The summed E-state index contributed by atoms with van der Waals surface area (Å²) < 4.78 is 1.62. The second kappa shape index (κ2) is 7.37. The summed E-state index contributed by atoms with van der Waals surface area (Å²) in [5.41, 5.74) is 5.16. The van der Waals surface area contributed by atoms with Crippen LogP contribution < -0.4 is 5.32 Å². The number of anilines is 1. The molecule has 27 heavy (non-hydrogen) atoms. The molecular formula is C21H19N5O. The van der Waals surface area contributed by atoms with Crippen molar-refractivity contribution >= 4 is 17.2 Å². The minimum Gasteiger partial charge on any atom is -0.322 e. The Morgan fingerprint density at radius 2 is 1.89 bits per heavy atom. The van der Waals surface area contributed by atoms with Crippen molar-refractivity contribution in [1.82, 2.24) is 19.6 Å². The smallest absolute Gasteiger partial charge is 0.261 e. The first-order valence-corrected chi connectivity index (χ1v) is 8.78. The monoisotopic (exact) mass is 357 g/mol. The van der Waals surface area contributed by atoms with E-state index in [1.165, 1.54) is 11.1 Å². The molecule has 1 aromatic carbocycles. The maximum absolute atomic E-state index is 12.7. The lowest BCUT2D eigenvalue weighted by atomic mass is 10.0. The molecule has 0 spiro atoms. The first-order valence-electron chi connectivity index (χ1n) is 8.78. The van der Waals surface area contributed by atoms with Crippen LogP contribution in [0.2, 0.25) is 0 Å². The number of hydrogen-bond acceptors (Lipinski definition) is 4. The topological polar surface area (TPSA) is 72.2 Å². The lowest BCUT2D eigenvalue weighted by Crippen LogP contribution is -2.12. The first-order chi connectivity index (χ1) is 13.2. The Kier molecular flexibility index (Phi) is 4.61. The van der Waals surface area contributed by atoms with E-state index in [2.05, 4.69) is 26.4 Å². The van der Waals surface area contributed by atoms with Gasteiger partial charge >= 0.3 is 0 Å². The standard InChI is InChI=1S/C21H19N5O/c1-15-12-23-20-19(13-24-26(20)14-15)21(27)25-18-4-2-3-17(11-18)6-5-16-7-9-22-10-8-16/h2-4,7-14H,5-6H2,1H3,(H,25,27). The molecule has 4 aromatic rings. The Balaban J connectivity index is 1.48. The summed E-state index contributed by atoms with van der Waals surface area (Å²) in [5, 5.41) is 7.16. The predicted molar refractivity (Wildman–Crippen MR) is 104 cm³/mol. The molecule has 3 aromatic heterocycles. The Hall–Kier alpha value is -3.54. The maximum Gasteiger partial charge on any atom is 0.261 e. The summed E-state index contributed by atoms with van der Waals surface area (Å²) in [6, 6.07) is 11.9. The summed E-state index contributed by atoms with van der Waals surface area (Å²) in [6.45, 7) is 1.94. The molecule has 1 amide bonds. The molecule has 0 saturated heterocycles. The number of aryl methyl sites for hydroxylation is 3. The Morgan fingerprint density at radius 3 is 2.74 bits per heavy atom. The highest BCUT2D eigenvalue weighted by molar-refractivity contribution is 6.08. The van der Waals surface area contributed by atoms with Gasteiger partial charge in [-0.3, -0.25) is 9.78 Å². The minimum absolute atomic E-state index is 0.215. The van der Waals surface area contributed by atoms with Crippen molar-refractivity contribution < 1.29 is 4.79 Å². The van der Waals surface area contributed by atoms with Crippen LogP contribution in [0.3, 0.4) is 0 Å². The van der Waals surface area contributed by atoms with Gasteiger partial charge in [-0.2, -0.15) is 5.10 Å². The second-order valence-electron chi connectivity index (χ2n) is 6.47. The molecule has 0 aliphatic carbocycles. The van der Waals surface area contributed by atoms with Crippen molar-refractivity contribution in [1.29, 1.82) is 0 Å². The van der Waals surface area contributed by atoms with Crippen molar-refractivity contribution in [2.45, 2.75) is 19.8 Å². The van der Waals surface area contributed by atoms with Crippen LogP contribution in [0.1, 0.15) is 27.0 Å². The highest BCUT2D eigenvalue weighted by atomic mass is 16.1.